The van der Waals surface area contributed by atoms with Crippen LogP contribution in [0.2, 0.25) is 0 Å². The van der Waals surface area contributed by atoms with Crippen molar-refractivity contribution in [2.24, 2.45) is 0 Å². The van der Waals surface area contributed by atoms with E-state index in [-0.39, 0.29) is 5.91 Å². The molecule has 0 spiro atoms. The van der Waals surface area contributed by atoms with Gasteiger partial charge in [-0.3, -0.25) is 4.79 Å². The van der Waals surface area contributed by atoms with Crippen LogP contribution in [0.3, 0.4) is 0 Å². The molecule has 0 saturated heterocycles. The summed E-state index contributed by atoms with van der Waals surface area (Å²) >= 11 is 0. The molecular weight excluding hydrogens is 252 g/mol. The van der Waals surface area contributed by atoms with Crippen molar-refractivity contribution >= 4 is 22.4 Å². The Bertz CT molecular complexity index is 748. The predicted molar refractivity (Wildman–Crippen MR) is 78.2 cm³/mol. The van der Waals surface area contributed by atoms with Gasteiger partial charge in [0, 0.05) is 17.8 Å². The average Bonchev–Trinajstić information content (AvgIpc) is 2.97. The standard InChI is InChI=1S/C16H14N2O2/c17-15-8-13-4-2-1-3-12(13)7-14(15)16(19)18-9-11-5-6-20-10-11/h1-8,10H,9,17H2,(H,18,19). The first-order valence-electron chi connectivity index (χ1n) is 6.31. The Hall–Kier alpha value is -2.75. The topological polar surface area (TPSA) is 68.3 Å². The number of anilines is 1. The fourth-order valence-corrected chi connectivity index (χ4v) is 2.13. The molecule has 0 atom stereocenters. The molecule has 0 aliphatic carbocycles. The lowest BCUT2D eigenvalue weighted by atomic mass is 10.0. The van der Waals surface area contributed by atoms with E-state index in [0.29, 0.717) is 17.8 Å². The SMILES string of the molecule is Nc1cc2ccccc2cc1C(=O)NCc1ccoc1. The van der Waals surface area contributed by atoms with Crippen LogP contribution in [0.25, 0.3) is 10.8 Å². The van der Waals surface area contributed by atoms with Crippen molar-refractivity contribution in [2.45, 2.75) is 6.54 Å². The van der Waals surface area contributed by atoms with Crippen LogP contribution in [0.4, 0.5) is 5.69 Å². The Morgan fingerprint density at radius 2 is 1.90 bits per heavy atom. The minimum atomic E-state index is -0.186. The van der Waals surface area contributed by atoms with Gasteiger partial charge in [-0.25, -0.2) is 0 Å². The molecule has 4 heteroatoms. The smallest absolute Gasteiger partial charge is 0.253 e. The number of amides is 1. The predicted octanol–water partition coefficient (Wildman–Crippen LogP) is 2.95. The molecule has 0 unspecified atom stereocenters. The van der Waals surface area contributed by atoms with Crippen LogP contribution in [-0.2, 0) is 6.54 Å². The van der Waals surface area contributed by atoms with Gasteiger partial charge in [-0.2, -0.15) is 0 Å². The lowest BCUT2D eigenvalue weighted by Gasteiger charge is -2.08. The second-order valence-corrected chi connectivity index (χ2v) is 4.60. The maximum Gasteiger partial charge on any atom is 0.253 e. The number of carbonyl (C=O) groups is 1. The summed E-state index contributed by atoms with van der Waals surface area (Å²) in [5.41, 5.74) is 7.84. The third-order valence-corrected chi connectivity index (χ3v) is 3.20. The molecule has 0 radical (unpaired) electrons. The van der Waals surface area contributed by atoms with Gasteiger partial charge in [-0.15, -0.1) is 0 Å². The van der Waals surface area contributed by atoms with E-state index in [2.05, 4.69) is 5.32 Å². The van der Waals surface area contributed by atoms with E-state index in [9.17, 15) is 4.79 Å². The van der Waals surface area contributed by atoms with Gasteiger partial charge in [0.2, 0.25) is 0 Å². The zero-order chi connectivity index (χ0) is 13.9. The lowest BCUT2D eigenvalue weighted by molar-refractivity contribution is 0.0952. The van der Waals surface area contributed by atoms with Crippen molar-refractivity contribution in [3.05, 3.63) is 66.1 Å². The minimum Gasteiger partial charge on any atom is -0.472 e. The molecular formula is C16H14N2O2. The first-order chi connectivity index (χ1) is 9.74. The number of furan rings is 1. The van der Waals surface area contributed by atoms with Gasteiger partial charge in [0.05, 0.1) is 18.1 Å². The first-order valence-corrected chi connectivity index (χ1v) is 6.31. The summed E-state index contributed by atoms with van der Waals surface area (Å²) < 4.78 is 4.96. The molecule has 0 aliphatic rings. The molecule has 1 aromatic heterocycles. The van der Waals surface area contributed by atoms with Gasteiger partial charge in [0.25, 0.3) is 5.91 Å². The van der Waals surface area contributed by atoms with Gasteiger partial charge in [-0.1, -0.05) is 24.3 Å². The Labute approximate surface area is 116 Å². The highest BCUT2D eigenvalue weighted by molar-refractivity contribution is 6.03. The molecule has 0 saturated carbocycles. The van der Waals surface area contributed by atoms with E-state index >= 15 is 0 Å². The maximum atomic E-state index is 12.2. The molecule has 4 nitrogen and oxygen atoms in total. The molecule has 100 valence electrons. The van der Waals surface area contributed by atoms with Gasteiger partial charge in [0.15, 0.2) is 0 Å². The number of fused-ring (bicyclic) bond motifs is 1. The average molecular weight is 266 g/mol. The molecule has 1 heterocycles. The van der Waals surface area contributed by atoms with Crippen molar-refractivity contribution < 1.29 is 9.21 Å². The summed E-state index contributed by atoms with van der Waals surface area (Å²) in [6.45, 7) is 0.418. The molecule has 0 fully saturated rings. The number of benzene rings is 2. The summed E-state index contributed by atoms with van der Waals surface area (Å²) in [7, 11) is 0. The number of carbonyl (C=O) groups excluding carboxylic acids is 1. The second kappa shape index (κ2) is 5.09. The van der Waals surface area contributed by atoms with Gasteiger partial charge >= 0.3 is 0 Å². The second-order valence-electron chi connectivity index (χ2n) is 4.60. The molecule has 1 amide bonds. The molecule has 2 aromatic carbocycles. The summed E-state index contributed by atoms with van der Waals surface area (Å²) in [5.74, 6) is -0.186. The third-order valence-electron chi connectivity index (χ3n) is 3.20. The minimum absolute atomic E-state index is 0.186. The quantitative estimate of drug-likeness (QED) is 0.716. The highest BCUT2D eigenvalue weighted by atomic mass is 16.3. The number of hydrogen-bond acceptors (Lipinski definition) is 3. The first kappa shape index (κ1) is 12.3. The van der Waals surface area contributed by atoms with E-state index in [4.69, 9.17) is 10.2 Å². The Morgan fingerprint density at radius 3 is 2.60 bits per heavy atom. The lowest BCUT2D eigenvalue weighted by Crippen LogP contribution is -2.23. The van der Waals surface area contributed by atoms with Crippen molar-refractivity contribution in [1.29, 1.82) is 0 Å². The maximum absolute atomic E-state index is 12.2. The monoisotopic (exact) mass is 266 g/mol. The largest absolute Gasteiger partial charge is 0.472 e. The van der Waals surface area contributed by atoms with Crippen molar-refractivity contribution in [1.82, 2.24) is 5.32 Å². The zero-order valence-electron chi connectivity index (χ0n) is 10.8. The number of nitrogens with one attached hydrogen (secondary N) is 1. The van der Waals surface area contributed by atoms with E-state index in [1.54, 1.807) is 12.5 Å². The molecule has 3 aromatic rings. The zero-order valence-corrected chi connectivity index (χ0v) is 10.8. The van der Waals surface area contributed by atoms with Crippen LogP contribution in [0.1, 0.15) is 15.9 Å². The molecule has 3 rings (SSSR count). The normalized spacial score (nSPS) is 10.6. The number of hydrogen-bond donors (Lipinski definition) is 2. The highest BCUT2D eigenvalue weighted by Crippen LogP contribution is 2.21. The third kappa shape index (κ3) is 2.36. The Kier molecular flexibility index (Phi) is 3.13. The van der Waals surface area contributed by atoms with Crippen LogP contribution < -0.4 is 11.1 Å². The molecule has 3 N–H and O–H groups in total. The van der Waals surface area contributed by atoms with Crippen LogP contribution in [0.5, 0.6) is 0 Å². The van der Waals surface area contributed by atoms with Gasteiger partial charge < -0.3 is 15.5 Å². The van der Waals surface area contributed by atoms with Crippen molar-refractivity contribution in [3.8, 4) is 0 Å². The number of nitrogens with two attached hydrogens (primary N) is 1. The molecule has 0 bridgehead atoms. The summed E-state index contributed by atoms with van der Waals surface area (Å²) in [6, 6.07) is 13.3. The number of nitrogen functional groups attached to an aromatic ring is 1. The summed E-state index contributed by atoms with van der Waals surface area (Å²) in [5, 5.41) is 4.85. The van der Waals surface area contributed by atoms with Crippen LogP contribution in [0, 0.1) is 0 Å². The van der Waals surface area contributed by atoms with Crippen LogP contribution in [0.15, 0.2) is 59.4 Å². The van der Waals surface area contributed by atoms with E-state index < -0.39 is 0 Å². The molecule has 20 heavy (non-hydrogen) atoms. The van der Waals surface area contributed by atoms with Crippen molar-refractivity contribution in [3.63, 3.8) is 0 Å². The van der Waals surface area contributed by atoms with E-state index in [0.717, 1.165) is 16.3 Å². The van der Waals surface area contributed by atoms with Gasteiger partial charge in [-0.05, 0) is 29.0 Å². The fourth-order valence-electron chi connectivity index (χ4n) is 2.13. The Morgan fingerprint density at radius 1 is 1.15 bits per heavy atom. The summed E-state index contributed by atoms with van der Waals surface area (Å²) in [4.78, 5) is 12.2. The van der Waals surface area contributed by atoms with Crippen LogP contribution in [-0.4, -0.2) is 5.91 Å². The van der Waals surface area contributed by atoms with Crippen LogP contribution >= 0.6 is 0 Å². The fraction of sp³-hybridized carbons (Fsp3) is 0.0625. The van der Waals surface area contributed by atoms with Crippen molar-refractivity contribution in [2.75, 3.05) is 5.73 Å². The van der Waals surface area contributed by atoms with Gasteiger partial charge in [0.1, 0.15) is 0 Å². The Balaban J connectivity index is 1.85. The van der Waals surface area contributed by atoms with E-state index in [1.807, 2.05) is 42.5 Å². The highest BCUT2D eigenvalue weighted by Gasteiger charge is 2.10. The summed E-state index contributed by atoms with van der Waals surface area (Å²) in [6.07, 6.45) is 3.18. The molecule has 0 aliphatic heterocycles. The van der Waals surface area contributed by atoms with E-state index in [1.165, 1.54) is 0 Å². The number of rotatable bonds is 3.